The van der Waals surface area contributed by atoms with Crippen molar-refractivity contribution in [1.29, 1.82) is 0 Å². The molecule has 3 fully saturated rings. The summed E-state index contributed by atoms with van der Waals surface area (Å²) in [6.45, 7) is 0.797. The summed E-state index contributed by atoms with van der Waals surface area (Å²) in [5.41, 5.74) is 0.0568. The van der Waals surface area contributed by atoms with Crippen LogP contribution in [-0.2, 0) is 9.53 Å². The average molecular weight is 300 g/mol. The van der Waals surface area contributed by atoms with Gasteiger partial charge < -0.3 is 4.74 Å². The molecule has 2 atom stereocenters. The molecule has 0 aromatic rings. The van der Waals surface area contributed by atoms with Gasteiger partial charge >= 0.3 is 0 Å². The van der Waals surface area contributed by atoms with Crippen molar-refractivity contribution in [1.82, 2.24) is 0 Å². The average Bonchev–Trinajstić information content (AvgIpc) is 3.08. The Morgan fingerprint density at radius 2 is 2.16 bits per heavy atom. The molecule has 1 aliphatic carbocycles. The van der Waals surface area contributed by atoms with Gasteiger partial charge in [-0.1, -0.05) is 12.8 Å². The maximum Gasteiger partial charge on any atom is 0.146 e. The number of carbonyl (C=O) groups is 1. The van der Waals surface area contributed by atoms with E-state index in [1.807, 2.05) is 23.5 Å². The van der Waals surface area contributed by atoms with Crippen molar-refractivity contribution in [2.75, 3.05) is 23.9 Å². The summed E-state index contributed by atoms with van der Waals surface area (Å²) in [6.07, 6.45) is 8.48. The van der Waals surface area contributed by atoms with E-state index in [9.17, 15) is 4.79 Å². The van der Waals surface area contributed by atoms with Crippen molar-refractivity contribution in [3.8, 4) is 0 Å². The quantitative estimate of drug-likeness (QED) is 0.793. The first-order chi connectivity index (χ1) is 9.27. The number of rotatable bonds is 4. The van der Waals surface area contributed by atoms with Gasteiger partial charge in [0.25, 0.3) is 0 Å². The fourth-order valence-corrected chi connectivity index (χ4v) is 6.22. The van der Waals surface area contributed by atoms with Crippen LogP contribution >= 0.6 is 23.5 Å². The molecule has 2 heterocycles. The molecule has 1 saturated carbocycles. The van der Waals surface area contributed by atoms with Gasteiger partial charge in [-0.05, 0) is 37.9 Å². The maximum atomic E-state index is 12.4. The van der Waals surface area contributed by atoms with Crippen molar-refractivity contribution in [2.24, 2.45) is 5.92 Å². The molecule has 4 heteroatoms. The molecular weight excluding hydrogens is 276 g/mol. The molecule has 0 radical (unpaired) electrons. The van der Waals surface area contributed by atoms with Gasteiger partial charge in [-0.25, -0.2) is 0 Å². The standard InChI is InChI=1S/C15H24O2S2/c16-14(10-19-13-3-1-2-4-13)12-5-7-17-15(9-12)6-8-18-11-15/h12-13H,1-11H2. The zero-order chi connectivity index (χ0) is 13.1. The number of hydrogen-bond acceptors (Lipinski definition) is 4. The van der Waals surface area contributed by atoms with E-state index < -0.39 is 0 Å². The fraction of sp³-hybridized carbons (Fsp3) is 0.933. The molecule has 0 bridgehead atoms. The molecule has 0 N–H and O–H groups in total. The van der Waals surface area contributed by atoms with Crippen LogP contribution in [0.5, 0.6) is 0 Å². The topological polar surface area (TPSA) is 26.3 Å². The van der Waals surface area contributed by atoms with E-state index in [2.05, 4.69) is 0 Å². The molecule has 3 rings (SSSR count). The molecule has 108 valence electrons. The number of thioether (sulfide) groups is 2. The molecule has 1 spiro atoms. The summed E-state index contributed by atoms with van der Waals surface area (Å²) < 4.78 is 6.00. The minimum atomic E-state index is 0.0568. The van der Waals surface area contributed by atoms with Crippen LogP contribution in [0.4, 0.5) is 0 Å². The third-order valence-corrected chi connectivity index (χ3v) is 7.40. The SMILES string of the molecule is O=C(CSC1CCCC1)C1CCOC2(CCSC2)C1. The second-order valence-electron chi connectivity index (χ2n) is 6.21. The van der Waals surface area contributed by atoms with Crippen molar-refractivity contribution in [3.05, 3.63) is 0 Å². The van der Waals surface area contributed by atoms with Gasteiger partial charge in [-0.2, -0.15) is 23.5 Å². The van der Waals surface area contributed by atoms with Crippen LogP contribution in [0.15, 0.2) is 0 Å². The van der Waals surface area contributed by atoms with Gasteiger partial charge in [-0.3, -0.25) is 4.79 Å². The summed E-state index contributed by atoms with van der Waals surface area (Å²) in [6, 6.07) is 0. The van der Waals surface area contributed by atoms with Crippen molar-refractivity contribution in [2.45, 2.75) is 55.8 Å². The Morgan fingerprint density at radius 3 is 2.89 bits per heavy atom. The number of carbonyl (C=O) groups excluding carboxylic acids is 1. The van der Waals surface area contributed by atoms with Gasteiger partial charge in [0.05, 0.1) is 11.4 Å². The van der Waals surface area contributed by atoms with Crippen LogP contribution in [0.3, 0.4) is 0 Å². The Kier molecular flexibility index (Phi) is 4.81. The van der Waals surface area contributed by atoms with E-state index in [0.717, 1.165) is 42.6 Å². The molecule has 2 nitrogen and oxygen atoms in total. The minimum Gasteiger partial charge on any atom is -0.374 e. The first-order valence-electron chi connectivity index (χ1n) is 7.63. The van der Waals surface area contributed by atoms with E-state index in [4.69, 9.17) is 4.74 Å². The molecule has 0 aromatic carbocycles. The third kappa shape index (κ3) is 3.51. The first kappa shape index (κ1) is 14.3. The number of ether oxygens (including phenoxy) is 1. The van der Waals surface area contributed by atoms with Gasteiger partial charge in [0.1, 0.15) is 5.78 Å². The molecular formula is C15H24O2S2. The van der Waals surface area contributed by atoms with Gasteiger partial charge in [0.15, 0.2) is 0 Å². The van der Waals surface area contributed by atoms with Gasteiger partial charge in [-0.15, -0.1) is 0 Å². The predicted molar refractivity (Wildman–Crippen MR) is 83.1 cm³/mol. The predicted octanol–water partition coefficient (Wildman–Crippen LogP) is 3.53. The highest BCUT2D eigenvalue weighted by atomic mass is 32.2. The zero-order valence-corrected chi connectivity index (χ0v) is 13.2. The highest BCUT2D eigenvalue weighted by Gasteiger charge is 2.42. The van der Waals surface area contributed by atoms with Crippen molar-refractivity contribution in [3.63, 3.8) is 0 Å². The molecule has 0 amide bonds. The molecule has 2 aliphatic heterocycles. The highest BCUT2D eigenvalue weighted by molar-refractivity contribution is 8.00. The lowest BCUT2D eigenvalue weighted by atomic mass is 9.83. The second-order valence-corrected chi connectivity index (χ2v) is 8.60. The Bertz CT molecular complexity index is 320. The summed E-state index contributed by atoms with van der Waals surface area (Å²) in [5.74, 6) is 3.83. The molecule has 2 unspecified atom stereocenters. The smallest absolute Gasteiger partial charge is 0.146 e. The maximum absolute atomic E-state index is 12.4. The monoisotopic (exact) mass is 300 g/mol. The first-order valence-corrected chi connectivity index (χ1v) is 9.84. The summed E-state index contributed by atoms with van der Waals surface area (Å²) in [4.78, 5) is 12.4. The molecule has 0 aromatic heterocycles. The normalized spacial score (nSPS) is 36.1. The lowest BCUT2D eigenvalue weighted by Gasteiger charge is -2.37. The largest absolute Gasteiger partial charge is 0.374 e. The molecule has 2 saturated heterocycles. The van der Waals surface area contributed by atoms with E-state index >= 15 is 0 Å². The zero-order valence-electron chi connectivity index (χ0n) is 11.6. The summed E-state index contributed by atoms with van der Waals surface area (Å²) in [7, 11) is 0. The van der Waals surface area contributed by atoms with Crippen molar-refractivity contribution < 1.29 is 9.53 Å². The van der Waals surface area contributed by atoms with Gasteiger partial charge in [0.2, 0.25) is 0 Å². The van der Waals surface area contributed by atoms with E-state index in [-0.39, 0.29) is 11.5 Å². The Labute approximate surface area is 124 Å². The number of hydrogen-bond donors (Lipinski definition) is 0. The summed E-state index contributed by atoms with van der Waals surface area (Å²) >= 11 is 3.91. The second kappa shape index (κ2) is 6.40. The number of ketones is 1. The lowest BCUT2D eigenvalue weighted by molar-refractivity contribution is -0.131. The minimum absolute atomic E-state index is 0.0568. The highest BCUT2D eigenvalue weighted by Crippen LogP contribution is 2.41. The number of Topliss-reactive ketones (excluding diaryl/α,β-unsaturated/α-hetero) is 1. The Balaban J connectivity index is 1.48. The fourth-order valence-electron chi connectivity index (χ4n) is 3.54. The summed E-state index contributed by atoms with van der Waals surface area (Å²) in [5, 5.41) is 0.764. The molecule has 19 heavy (non-hydrogen) atoms. The van der Waals surface area contributed by atoms with Crippen LogP contribution in [-0.4, -0.2) is 40.5 Å². The lowest BCUT2D eigenvalue weighted by Crippen LogP contribution is -2.42. The van der Waals surface area contributed by atoms with E-state index in [1.165, 1.54) is 31.4 Å². The van der Waals surface area contributed by atoms with Crippen LogP contribution in [0.2, 0.25) is 0 Å². The Hall–Kier alpha value is 0.330. The van der Waals surface area contributed by atoms with Crippen molar-refractivity contribution >= 4 is 29.3 Å². The third-order valence-electron chi connectivity index (χ3n) is 4.78. The Morgan fingerprint density at radius 1 is 1.32 bits per heavy atom. The van der Waals surface area contributed by atoms with Gasteiger partial charge in [0, 0.05) is 23.5 Å². The molecule has 3 aliphatic rings. The van der Waals surface area contributed by atoms with Crippen LogP contribution in [0, 0.1) is 5.92 Å². The van der Waals surface area contributed by atoms with E-state index in [1.54, 1.807) is 0 Å². The van der Waals surface area contributed by atoms with Crippen LogP contribution in [0.25, 0.3) is 0 Å². The van der Waals surface area contributed by atoms with Crippen LogP contribution in [0.1, 0.15) is 44.9 Å². The van der Waals surface area contributed by atoms with Crippen LogP contribution < -0.4 is 0 Å². The van der Waals surface area contributed by atoms with E-state index in [0.29, 0.717) is 5.78 Å².